The van der Waals surface area contributed by atoms with Crippen LogP contribution in [0.2, 0.25) is 0 Å². The van der Waals surface area contributed by atoms with E-state index in [-0.39, 0.29) is 41.7 Å². The molecule has 1 aliphatic heterocycles. The van der Waals surface area contributed by atoms with Gasteiger partial charge in [0.25, 0.3) is 5.91 Å². The van der Waals surface area contributed by atoms with Gasteiger partial charge in [0.15, 0.2) is 23.6 Å². The van der Waals surface area contributed by atoms with Gasteiger partial charge in [0.05, 0.1) is 36.0 Å². The molecule has 1 heterocycles. The summed E-state index contributed by atoms with van der Waals surface area (Å²) in [4.78, 5) is 103. The molecule has 4 aliphatic rings. The molecule has 4 aromatic rings. The minimum atomic E-state index is -2.49. The van der Waals surface area contributed by atoms with Crippen molar-refractivity contribution in [2.45, 2.75) is 128 Å². The van der Waals surface area contributed by atoms with Crippen LogP contribution in [-0.2, 0) is 52.4 Å². The fourth-order valence-electron chi connectivity index (χ4n) is 12.5. The largest absolute Gasteiger partial charge is 0.461 e. The van der Waals surface area contributed by atoms with E-state index >= 15 is 4.79 Å². The summed E-state index contributed by atoms with van der Waals surface area (Å²) in [5, 5.41) is 28.9. The number of nitrogens with one attached hydrogen (secondary N) is 1. The van der Waals surface area contributed by atoms with Crippen molar-refractivity contribution in [3.8, 4) is 0 Å². The average Bonchev–Trinajstić information content (AvgIpc) is 3.56. The quantitative estimate of drug-likeness (QED) is 0.0352. The second kappa shape index (κ2) is 24.2. The smallest absolute Gasteiger partial charge is 0.338 e. The Kier molecular flexibility index (Phi) is 18.0. The highest BCUT2D eigenvalue weighted by molar-refractivity contribution is 6.18. The second-order valence-corrected chi connectivity index (χ2v) is 22.6. The van der Waals surface area contributed by atoms with Crippen molar-refractivity contribution in [1.29, 1.82) is 0 Å². The van der Waals surface area contributed by atoms with Crippen LogP contribution in [0.25, 0.3) is 0 Å². The number of carbonyl (C=O) groups excluding carboxylic acids is 7. The van der Waals surface area contributed by atoms with Gasteiger partial charge in [-0.25, -0.2) is 9.59 Å². The third-order valence-electron chi connectivity index (χ3n) is 16.7. The minimum absolute atomic E-state index is 0.0368. The fourth-order valence-corrected chi connectivity index (χ4v) is 12.9. The summed E-state index contributed by atoms with van der Waals surface area (Å²) in [5.74, 6) is -7.49. The molecule has 1 amide bonds. The fraction of sp³-hybridized carbons (Fsp3) is 0.459. The number of rotatable bonds is 19. The number of amides is 1. The number of benzene rings is 4. The van der Waals surface area contributed by atoms with Crippen molar-refractivity contribution in [3.63, 3.8) is 0 Å². The van der Waals surface area contributed by atoms with Gasteiger partial charge in [-0.1, -0.05) is 99.6 Å². The summed E-state index contributed by atoms with van der Waals surface area (Å²) >= 11 is 12.1. The Balaban J connectivity index is 1.25. The van der Waals surface area contributed by atoms with Crippen molar-refractivity contribution in [2.24, 2.45) is 16.7 Å². The molecule has 3 aliphatic carbocycles. The summed E-state index contributed by atoms with van der Waals surface area (Å²) in [6.07, 6.45) is -11.1. The van der Waals surface area contributed by atoms with E-state index in [4.69, 9.17) is 51.6 Å². The Morgan fingerprint density at radius 1 is 0.775 bits per heavy atom. The predicted octanol–water partition coefficient (Wildman–Crippen LogP) is 7.76. The lowest BCUT2D eigenvalue weighted by atomic mass is 9.44. The van der Waals surface area contributed by atoms with Crippen molar-refractivity contribution in [3.05, 3.63) is 149 Å². The highest BCUT2D eigenvalue weighted by Crippen LogP contribution is 2.65. The minimum Gasteiger partial charge on any atom is -0.461 e. The Bertz CT molecular complexity index is 2970. The molecule has 0 aromatic heterocycles. The molecule has 19 heteroatoms. The van der Waals surface area contributed by atoms with Gasteiger partial charge in [0.2, 0.25) is 0 Å². The van der Waals surface area contributed by atoms with Crippen LogP contribution in [0.4, 0.5) is 5.69 Å². The molecule has 0 radical (unpaired) electrons. The lowest BCUT2D eigenvalue weighted by Gasteiger charge is -2.67. The number of anilines is 1. The number of halogens is 2. The third-order valence-corrected chi connectivity index (χ3v) is 17.1. The second-order valence-electron chi connectivity index (χ2n) is 21.9. The standard InChI is InChI=1S/C61H68Cl2N2O15/c1-35(39-23-25-43(26-24-39)65(29-27-62)30-28-63)31-47(68)78-45-32-46-60(34-75-46,80-38(4)67)52-54(79-56(72)42-21-15-10-16-22-42)61(74)33-44(36(2)48(58(61,5)6)51(76-37(3)66)53(70)59(45,52)7)77-57(73)50(69)49(40-17-11-8-12-18-40)64-55(71)41-19-13-9-14-20-41/h8-26,35,44-46,49-52,54,69,74H,27-34H2,1-7H3,(H,64,71)/t35?,44-,45-,46+,49-,50+,51+,52-,54-,59+,60-,61+/m0/s1. The molecule has 80 heavy (non-hydrogen) atoms. The number of ether oxygens (including phenoxy) is 6. The molecule has 426 valence electrons. The molecule has 4 aromatic carbocycles. The third kappa shape index (κ3) is 11.4. The van der Waals surface area contributed by atoms with E-state index in [1.165, 1.54) is 26.0 Å². The number of aliphatic hydroxyl groups is 2. The van der Waals surface area contributed by atoms with Gasteiger partial charge in [0, 0.05) is 68.2 Å². The Morgan fingerprint density at radius 3 is 1.91 bits per heavy atom. The molecule has 8 rings (SSSR count). The molecule has 1 saturated heterocycles. The molecule has 0 spiro atoms. The van der Waals surface area contributed by atoms with E-state index in [0.29, 0.717) is 30.4 Å². The highest BCUT2D eigenvalue weighted by atomic mass is 35.5. The van der Waals surface area contributed by atoms with Crippen molar-refractivity contribution in [1.82, 2.24) is 5.32 Å². The van der Waals surface area contributed by atoms with Crippen LogP contribution >= 0.6 is 23.2 Å². The SMILES string of the molecule is CC(=O)O[C@H]1C(=O)[C@]2(C)[C@@H](OC(=O)CC(C)c3ccc(N(CCCl)CCCl)cc3)C[C@H]3OC[C@@]3(OC(C)=O)[C@H]2[C@H](OC(=O)c2ccccc2)[C@]2(O)C[C@H](OC(=O)[C@H](O)[C@@H](NC(=O)c3ccccc3)c3ccccc3)C(C)=C1C2(C)C. The van der Waals surface area contributed by atoms with Crippen molar-refractivity contribution in [2.75, 3.05) is 36.4 Å². The number of esters is 5. The van der Waals surface area contributed by atoms with Crippen LogP contribution < -0.4 is 10.2 Å². The first kappa shape index (κ1) is 59.5. The van der Waals surface area contributed by atoms with Crippen LogP contribution in [0, 0.1) is 16.7 Å². The molecular weight excluding hydrogens is 1070 g/mol. The number of hydrogen-bond acceptors (Lipinski definition) is 16. The summed E-state index contributed by atoms with van der Waals surface area (Å²) < 4.78 is 37.9. The molecule has 17 nitrogen and oxygen atoms in total. The van der Waals surface area contributed by atoms with Gasteiger partial charge in [0.1, 0.15) is 30.0 Å². The Hall–Kier alpha value is -6.63. The van der Waals surface area contributed by atoms with E-state index < -0.39 is 124 Å². The maximum Gasteiger partial charge on any atom is 0.338 e. The highest BCUT2D eigenvalue weighted by Gasteiger charge is 2.79. The lowest BCUT2D eigenvalue weighted by molar-refractivity contribution is -0.346. The van der Waals surface area contributed by atoms with Gasteiger partial charge in [-0.15, -0.1) is 23.2 Å². The van der Waals surface area contributed by atoms with Gasteiger partial charge >= 0.3 is 29.8 Å². The summed E-state index contributed by atoms with van der Waals surface area (Å²) in [5.41, 5.74) is -5.87. The maximum absolute atomic E-state index is 16.4. The molecule has 2 bridgehead atoms. The van der Waals surface area contributed by atoms with Crippen LogP contribution in [0.3, 0.4) is 0 Å². The molecule has 12 atom stereocenters. The monoisotopic (exact) mass is 1140 g/mol. The van der Waals surface area contributed by atoms with Crippen molar-refractivity contribution >= 4 is 70.4 Å². The van der Waals surface area contributed by atoms with E-state index in [1.807, 2.05) is 36.1 Å². The van der Waals surface area contributed by atoms with Gasteiger partial charge in [-0.05, 0) is 78.4 Å². The topological polar surface area (TPSA) is 231 Å². The molecular formula is C61H68Cl2N2O15. The predicted molar refractivity (Wildman–Crippen MR) is 295 cm³/mol. The van der Waals surface area contributed by atoms with Gasteiger partial charge in [-0.3, -0.25) is 24.0 Å². The first-order valence-electron chi connectivity index (χ1n) is 26.7. The molecule has 3 fully saturated rings. The van der Waals surface area contributed by atoms with E-state index in [0.717, 1.165) is 25.1 Å². The Labute approximate surface area is 475 Å². The maximum atomic E-state index is 16.4. The number of carbonyl (C=O) groups is 7. The first-order chi connectivity index (χ1) is 38.0. The zero-order valence-corrected chi connectivity index (χ0v) is 47.2. The average molecular weight is 1140 g/mol. The van der Waals surface area contributed by atoms with Crippen LogP contribution in [0.1, 0.15) is 112 Å². The zero-order valence-electron chi connectivity index (χ0n) is 45.7. The summed E-state index contributed by atoms with van der Waals surface area (Å²) in [6, 6.07) is 30.5. The number of Topliss-reactive ketones (excluding diaryl/α,β-unsaturated/α-hetero) is 1. The van der Waals surface area contributed by atoms with E-state index in [1.54, 1.807) is 92.7 Å². The number of hydrogen-bond donors (Lipinski definition) is 3. The van der Waals surface area contributed by atoms with E-state index in [9.17, 15) is 39.0 Å². The van der Waals surface area contributed by atoms with Crippen LogP contribution in [0.15, 0.2) is 126 Å². The number of fused-ring (bicyclic) bond motifs is 5. The van der Waals surface area contributed by atoms with Crippen molar-refractivity contribution < 1.29 is 72.2 Å². The van der Waals surface area contributed by atoms with Crippen LogP contribution in [-0.4, -0.2) is 131 Å². The van der Waals surface area contributed by atoms with Crippen LogP contribution in [0.5, 0.6) is 0 Å². The molecule has 2 saturated carbocycles. The first-order valence-corrected chi connectivity index (χ1v) is 27.8. The number of aliphatic hydroxyl groups excluding tert-OH is 1. The normalized spacial score (nSPS) is 27.6. The van der Waals surface area contributed by atoms with E-state index in [2.05, 4.69) is 5.32 Å². The number of alkyl halides is 2. The zero-order chi connectivity index (χ0) is 57.9. The number of nitrogens with zero attached hydrogens (tertiary/aromatic N) is 1. The summed E-state index contributed by atoms with van der Waals surface area (Å²) in [6.45, 7) is 11.0. The Morgan fingerprint density at radius 2 is 1.36 bits per heavy atom. The van der Waals surface area contributed by atoms with Gasteiger partial charge < -0.3 is 48.9 Å². The number of ketones is 1. The molecule has 3 N–H and O–H groups in total. The van der Waals surface area contributed by atoms with Gasteiger partial charge in [-0.2, -0.15) is 0 Å². The lowest BCUT2D eigenvalue weighted by Crippen LogP contribution is -2.82. The molecule has 1 unspecified atom stereocenters. The summed E-state index contributed by atoms with van der Waals surface area (Å²) in [7, 11) is 0.